The molecule has 0 saturated carbocycles. The molecular formula is C13H17N3O3. The average Bonchev–Trinajstić information content (AvgIpc) is 2.41. The summed E-state index contributed by atoms with van der Waals surface area (Å²) in [5.41, 5.74) is 5.94. The van der Waals surface area contributed by atoms with Crippen molar-refractivity contribution in [1.29, 1.82) is 0 Å². The fraction of sp³-hybridized carbons (Fsp3) is 0.385. The molecule has 0 aliphatic carbocycles. The fourth-order valence-corrected chi connectivity index (χ4v) is 1.93. The van der Waals surface area contributed by atoms with E-state index in [0.717, 1.165) is 0 Å². The molecule has 6 heteroatoms. The molecule has 0 fully saturated rings. The van der Waals surface area contributed by atoms with Gasteiger partial charge in [0.1, 0.15) is 12.3 Å². The van der Waals surface area contributed by atoms with Crippen LogP contribution in [-0.4, -0.2) is 37.6 Å². The van der Waals surface area contributed by atoms with Crippen molar-refractivity contribution < 1.29 is 14.3 Å². The van der Waals surface area contributed by atoms with Crippen LogP contribution in [0.4, 0.5) is 5.69 Å². The van der Waals surface area contributed by atoms with Crippen LogP contribution in [-0.2, 0) is 9.59 Å². The second-order valence-corrected chi connectivity index (χ2v) is 4.29. The molecule has 1 aromatic rings. The SMILES string of the molecule is CC1Oc2ccccc2N(CC(=O)NCCN)C1=O. The lowest BCUT2D eigenvalue weighted by molar-refractivity contribution is -0.128. The van der Waals surface area contributed by atoms with Gasteiger partial charge in [0.15, 0.2) is 6.10 Å². The van der Waals surface area contributed by atoms with Crippen molar-refractivity contribution in [3.05, 3.63) is 24.3 Å². The van der Waals surface area contributed by atoms with Gasteiger partial charge in [-0.3, -0.25) is 14.5 Å². The minimum atomic E-state index is -0.586. The standard InChI is InChI=1S/C13H17N3O3/c1-9-13(18)16(8-12(17)15-7-6-14)10-4-2-3-5-11(10)19-9/h2-5,9H,6-8,14H2,1H3,(H,15,17). The summed E-state index contributed by atoms with van der Waals surface area (Å²) in [7, 11) is 0. The molecule has 0 bridgehead atoms. The van der Waals surface area contributed by atoms with Gasteiger partial charge >= 0.3 is 0 Å². The number of hydrogen-bond acceptors (Lipinski definition) is 4. The number of carbonyl (C=O) groups is 2. The highest BCUT2D eigenvalue weighted by atomic mass is 16.5. The lowest BCUT2D eigenvalue weighted by Gasteiger charge is -2.32. The van der Waals surface area contributed by atoms with Crippen molar-refractivity contribution in [3.8, 4) is 5.75 Å². The number of anilines is 1. The maximum Gasteiger partial charge on any atom is 0.268 e. The smallest absolute Gasteiger partial charge is 0.268 e. The van der Waals surface area contributed by atoms with Crippen molar-refractivity contribution >= 4 is 17.5 Å². The van der Waals surface area contributed by atoms with Crippen LogP contribution in [0.1, 0.15) is 6.92 Å². The number of benzene rings is 1. The van der Waals surface area contributed by atoms with Gasteiger partial charge in [-0.05, 0) is 19.1 Å². The minimum absolute atomic E-state index is 0.0243. The van der Waals surface area contributed by atoms with Crippen LogP contribution in [0.3, 0.4) is 0 Å². The summed E-state index contributed by atoms with van der Waals surface area (Å²) in [5.74, 6) is 0.158. The first-order chi connectivity index (χ1) is 9.13. The molecule has 1 atom stereocenters. The minimum Gasteiger partial charge on any atom is -0.479 e. The molecule has 1 aliphatic rings. The van der Waals surface area contributed by atoms with Crippen molar-refractivity contribution in [2.24, 2.45) is 5.73 Å². The number of hydrogen-bond donors (Lipinski definition) is 2. The zero-order chi connectivity index (χ0) is 13.8. The van der Waals surface area contributed by atoms with Gasteiger partial charge in [0.2, 0.25) is 5.91 Å². The second kappa shape index (κ2) is 5.71. The first-order valence-corrected chi connectivity index (χ1v) is 6.17. The molecule has 102 valence electrons. The summed E-state index contributed by atoms with van der Waals surface area (Å²) in [6.45, 7) is 2.41. The van der Waals surface area contributed by atoms with E-state index in [1.807, 2.05) is 6.07 Å². The van der Waals surface area contributed by atoms with Gasteiger partial charge in [0, 0.05) is 13.1 Å². The number of ether oxygens (including phenoxy) is 1. The Labute approximate surface area is 111 Å². The predicted octanol–water partition coefficient (Wildman–Crippen LogP) is -0.125. The Balaban J connectivity index is 2.18. The molecule has 19 heavy (non-hydrogen) atoms. The summed E-state index contributed by atoms with van der Waals surface area (Å²) in [4.78, 5) is 25.3. The quantitative estimate of drug-likeness (QED) is 0.793. The average molecular weight is 263 g/mol. The summed E-state index contributed by atoms with van der Waals surface area (Å²) in [6.07, 6.45) is -0.586. The lowest BCUT2D eigenvalue weighted by Crippen LogP contribution is -2.49. The van der Waals surface area contributed by atoms with Gasteiger partial charge < -0.3 is 15.8 Å². The summed E-state index contributed by atoms with van der Waals surface area (Å²) in [6, 6.07) is 7.17. The van der Waals surface area contributed by atoms with Crippen LogP contribution < -0.4 is 20.7 Å². The molecule has 1 heterocycles. The van der Waals surface area contributed by atoms with E-state index in [1.165, 1.54) is 4.90 Å². The molecule has 0 aromatic heterocycles. The molecule has 1 aliphatic heterocycles. The highest BCUT2D eigenvalue weighted by Gasteiger charge is 2.32. The van der Waals surface area contributed by atoms with Crippen LogP contribution >= 0.6 is 0 Å². The molecule has 2 rings (SSSR count). The van der Waals surface area contributed by atoms with Crippen molar-refractivity contribution in [2.45, 2.75) is 13.0 Å². The Kier molecular flexibility index (Phi) is 4.01. The number of carbonyl (C=O) groups excluding carboxylic acids is 2. The number of nitrogens with two attached hydrogens (primary N) is 1. The van der Waals surface area contributed by atoms with Crippen LogP contribution in [0, 0.1) is 0 Å². The number of nitrogens with zero attached hydrogens (tertiary/aromatic N) is 1. The summed E-state index contributed by atoms with van der Waals surface area (Å²) >= 11 is 0. The molecule has 0 radical (unpaired) electrons. The first kappa shape index (κ1) is 13.4. The highest BCUT2D eigenvalue weighted by Crippen LogP contribution is 2.33. The van der Waals surface area contributed by atoms with E-state index in [1.54, 1.807) is 25.1 Å². The molecule has 0 spiro atoms. The molecule has 1 unspecified atom stereocenters. The van der Waals surface area contributed by atoms with Gasteiger partial charge in [-0.25, -0.2) is 0 Å². The Morgan fingerprint density at radius 3 is 2.95 bits per heavy atom. The van der Waals surface area contributed by atoms with Gasteiger partial charge in [-0.2, -0.15) is 0 Å². The maximum atomic E-state index is 12.1. The normalized spacial score (nSPS) is 17.7. The molecule has 1 aromatic carbocycles. The summed E-state index contributed by atoms with van der Waals surface area (Å²) in [5, 5.41) is 2.65. The predicted molar refractivity (Wildman–Crippen MR) is 70.9 cm³/mol. The first-order valence-electron chi connectivity index (χ1n) is 6.17. The van der Waals surface area contributed by atoms with E-state index < -0.39 is 6.10 Å². The summed E-state index contributed by atoms with van der Waals surface area (Å²) < 4.78 is 5.49. The molecule has 2 amide bonds. The van der Waals surface area contributed by atoms with Gasteiger partial charge in [-0.15, -0.1) is 0 Å². The third kappa shape index (κ3) is 2.85. The molecule has 0 saturated heterocycles. The van der Waals surface area contributed by atoms with Crippen LogP contribution in [0.15, 0.2) is 24.3 Å². The largest absolute Gasteiger partial charge is 0.479 e. The Hall–Kier alpha value is -2.08. The van der Waals surface area contributed by atoms with Crippen LogP contribution in [0.25, 0.3) is 0 Å². The monoisotopic (exact) mass is 263 g/mol. The van der Waals surface area contributed by atoms with Gasteiger partial charge in [0.25, 0.3) is 5.91 Å². The zero-order valence-corrected chi connectivity index (χ0v) is 10.8. The zero-order valence-electron chi connectivity index (χ0n) is 10.8. The second-order valence-electron chi connectivity index (χ2n) is 4.29. The number of fused-ring (bicyclic) bond motifs is 1. The van der Waals surface area contributed by atoms with E-state index in [9.17, 15) is 9.59 Å². The highest BCUT2D eigenvalue weighted by molar-refractivity contribution is 6.03. The van der Waals surface area contributed by atoms with E-state index in [4.69, 9.17) is 10.5 Å². The Morgan fingerprint density at radius 1 is 1.47 bits per heavy atom. The molecule has 6 nitrogen and oxygen atoms in total. The molecular weight excluding hydrogens is 246 g/mol. The van der Waals surface area contributed by atoms with Crippen molar-refractivity contribution in [3.63, 3.8) is 0 Å². The van der Waals surface area contributed by atoms with Crippen molar-refractivity contribution in [1.82, 2.24) is 5.32 Å². The van der Waals surface area contributed by atoms with E-state index in [2.05, 4.69) is 5.32 Å². The topological polar surface area (TPSA) is 84.7 Å². The Bertz CT molecular complexity index is 490. The number of amides is 2. The van der Waals surface area contributed by atoms with Crippen LogP contribution in [0.2, 0.25) is 0 Å². The lowest BCUT2D eigenvalue weighted by atomic mass is 10.2. The number of nitrogens with one attached hydrogen (secondary N) is 1. The van der Waals surface area contributed by atoms with E-state index in [-0.39, 0.29) is 18.4 Å². The third-order valence-corrected chi connectivity index (χ3v) is 2.84. The fourth-order valence-electron chi connectivity index (χ4n) is 1.93. The number of rotatable bonds is 4. The maximum absolute atomic E-state index is 12.1. The van der Waals surface area contributed by atoms with E-state index in [0.29, 0.717) is 24.5 Å². The molecule has 3 N–H and O–H groups in total. The third-order valence-electron chi connectivity index (χ3n) is 2.84. The Morgan fingerprint density at radius 2 is 2.21 bits per heavy atom. The van der Waals surface area contributed by atoms with Crippen LogP contribution in [0.5, 0.6) is 5.75 Å². The van der Waals surface area contributed by atoms with Crippen molar-refractivity contribution in [2.75, 3.05) is 24.5 Å². The number of para-hydroxylation sites is 2. The van der Waals surface area contributed by atoms with Gasteiger partial charge in [0.05, 0.1) is 5.69 Å². The van der Waals surface area contributed by atoms with Gasteiger partial charge in [-0.1, -0.05) is 12.1 Å². The van der Waals surface area contributed by atoms with E-state index >= 15 is 0 Å².